The van der Waals surface area contributed by atoms with Gasteiger partial charge in [-0.25, -0.2) is 9.97 Å². The first-order valence-corrected chi connectivity index (χ1v) is 8.87. The zero-order valence-corrected chi connectivity index (χ0v) is 15.1. The molecule has 128 valence electrons. The van der Waals surface area contributed by atoms with Crippen molar-refractivity contribution in [2.45, 2.75) is 39.3 Å². The predicted octanol–water partition coefficient (Wildman–Crippen LogP) is 3.89. The third-order valence-electron chi connectivity index (χ3n) is 4.22. The lowest BCUT2D eigenvalue weighted by Crippen LogP contribution is -2.23. The summed E-state index contributed by atoms with van der Waals surface area (Å²) < 4.78 is 2.19. The number of aryl methyl sites for hydroxylation is 1. The highest BCUT2D eigenvalue weighted by Gasteiger charge is 2.11. The Balaban J connectivity index is 1.57. The van der Waals surface area contributed by atoms with Crippen molar-refractivity contribution in [3.05, 3.63) is 47.3 Å². The molecule has 5 nitrogen and oxygen atoms in total. The van der Waals surface area contributed by atoms with Gasteiger partial charge in [0.2, 0.25) is 0 Å². The third-order valence-corrected chi connectivity index (χ3v) is 4.54. The molecule has 3 aromatic rings. The van der Waals surface area contributed by atoms with E-state index in [0.29, 0.717) is 5.15 Å². The van der Waals surface area contributed by atoms with Gasteiger partial charge in [0.15, 0.2) is 5.15 Å². The maximum atomic E-state index is 6.26. The van der Waals surface area contributed by atoms with E-state index in [4.69, 9.17) is 11.6 Å². The SMILES string of the molecule is CCCCc1nc(Cl)c(CN(C)CCn2cnc3ccccc32)[nH]1. The summed E-state index contributed by atoms with van der Waals surface area (Å²) in [7, 11) is 2.10. The molecule has 2 aromatic heterocycles. The second kappa shape index (κ2) is 7.81. The Morgan fingerprint density at radius 2 is 2.12 bits per heavy atom. The predicted molar refractivity (Wildman–Crippen MR) is 98.3 cm³/mol. The van der Waals surface area contributed by atoms with Crippen LogP contribution in [-0.2, 0) is 19.5 Å². The van der Waals surface area contributed by atoms with Crippen LogP contribution in [0.5, 0.6) is 0 Å². The van der Waals surface area contributed by atoms with E-state index in [0.717, 1.165) is 55.9 Å². The zero-order chi connectivity index (χ0) is 16.9. The van der Waals surface area contributed by atoms with E-state index in [1.807, 2.05) is 24.5 Å². The number of benzene rings is 1. The fourth-order valence-electron chi connectivity index (χ4n) is 2.82. The molecule has 0 aliphatic heterocycles. The van der Waals surface area contributed by atoms with E-state index in [1.54, 1.807) is 0 Å². The van der Waals surface area contributed by atoms with Crippen LogP contribution in [-0.4, -0.2) is 38.0 Å². The number of aromatic nitrogens is 4. The molecule has 0 spiro atoms. The minimum atomic E-state index is 0.598. The van der Waals surface area contributed by atoms with E-state index in [9.17, 15) is 0 Å². The molecule has 24 heavy (non-hydrogen) atoms. The molecule has 0 aliphatic carbocycles. The molecular weight excluding hydrogens is 322 g/mol. The van der Waals surface area contributed by atoms with E-state index in [-0.39, 0.29) is 0 Å². The summed E-state index contributed by atoms with van der Waals surface area (Å²) in [5, 5.41) is 0.598. The quantitative estimate of drug-likeness (QED) is 0.673. The largest absolute Gasteiger partial charge is 0.344 e. The first-order chi connectivity index (χ1) is 11.7. The number of aromatic amines is 1. The smallest absolute Gasteiger partial charge is 0.151 e. The molecule has 0 amide bonds. The summed E-state index contributed by atoms with van der Waals surface area (Å²) in [6.07, 6.45) is 5.16. The minimum Gasteiger partial charge on any atom is -0.344 e. The van der Waals surface area contributed by atoms with Gasteiger partial charge in [0.05, 0.1) is 23.1 Å². The van der Waals surface area contributed by atoms with Gasteiger partial charge >= 0.3 is 0 Å². The second-order valence-corrected chi connectivity index (χ2v) is 6.58. The van der Waals surface area contributed by atoms with Crippen LogP contribution >= 0.6 is 11.6 Å². The highest BCUT2D eigenvalue weighted by atomic mass is 35.5. The number of hydrogen-bond donors (Lipinski definition) is 1. The zero-order valence-electron chi connectivity index (χ0n) is 14.3. The van der Waals surface area contributed by atoms with Gasteiger partial charge in [-0.05, 0) is 25.6 Å². The number of halogens is 1. The Kier molecular flexibility index (Phi) is 5.53. The first kappa shape index (κ1) is 17.0. The standard InChI is InChI=1S/C18H24ClN5/c1-3-4-9-17-21-15(18(19)22-17)12-23(2)10-11-24-13-20-14-7-5-6-8-16(14)24/h5-8,13H,3-4,9-12H2,1-2H3,(H,21,22). The van der Waals surface area contributed by atoms with Crippen LogP contribution < -0.4 is 0 Å². The lowest BCUT2D eigenvalue weighted by atomic mass is 10.2. The Labute approximate surface area is 147 Å². The van der Waals surface area contributed by atoms with Gasteiger partial charge in [0.25, 0.3) is 0 Å². The first-order valence-electron chi connectivity index (χ1n) is 8.49. The van der Waals surface area contributed by atoms with Gasteiger partial charge < -0.3 is 9.55 Å². The minimum absolute atomic E-state index is 0.598. The molecule has 0 saturated heterocycles. The molecule has 0 radical (unpaired) electrons. The van der Waals surface area contributed by atoms with Crippen LogP contribution in [0.4, 0.5) is 0 Å². The Morgan fingerprint density at radius 1 is 1.29 bits per heavy atom. The molecule has 0 unspecified atom stereocenters. The maximum Gasteiger partial charge on any atom is 0.151 e. The van der Waals surface area contributed by atoms with Gasteiger partial charge in [-0.1, -0.05) is 37.1 Å². The number of fused-ring (bicyclic) bond motifs is 1. The molecule has 3 rings (SSSR count). The fraction of sp³-hybridized carbons (Fsp3) is 0.444. The molecule has 0 saturated carbocycles. The molecule has 0 fully saturated rings. The number of H-pyrrole nitrogens is 1. The van der Waals surface area contributed by atoms with E-state index >= 15 is 0 Å². The lowest BCUT2D eigenvalue weighted by Gasteiger charge is -2.16. The van der Waals surface area contributed by atoms with Crippen molar-refractivity contribution < 1.29 is 0 Å². The Morgan fingerprint density at radius 3 is 2.96 bits per heavy atom. The summed E-state index contributed by atoms with van der Waals surface area (Å²) in [5.41, 5.74) is 3.21. The highest BCUT2D eigenvalue weighted by molar-refractivity contribution is 6.30. The number of nitrogens with zero attached hydrogens (tertiary/aromatic N) is 4. The molecule has 1 aromatic carbocycles. The third kappa shape index (κ3) is 3.97. The van der Waals surface area contributed by atoms with Gasteiger partial charge in [-0.2, -0.15) is 0 Å². The molecule has 2 heterocycles. The number of unbranched alkanes of at least 4 members (excludes halogenated alkanes) is 1. The summed E-state index contributed by atoms with van der Waals surface area (Å²) in [4.78, 5) is 14.5. The van der Waals surface area contributed by atoms with Crippen LogP contribution in [0.25, 0.3) is 11.0 Å². The summed E-state index contributed by atoms with van der Waals surface area (Å²) in [6, 6.07) is 8.21. The molecule has 0 aliphatic rings. The van der Waals surface area contributed by atoms with Crippen molar-refractivity contribution in [1.29, 1.82) is 0 Å². The lowest BCUT2D eigenvalue weighted by molar-refractivity contribution is 0.310. The van der Waals surface area contributed by atoms with Crippen LogP contribution in [0.2, 0.25) is 5.15 Å². The highest BCUT2D eigenvalue weighted by Crippen LogP contribution is 2.16. The van der Waals surface area contributed by atoms with Gasteiger partial charge in [-0.15, -0.1) is 0 Å². The number of nitrogens with one attached hydrogen (secondary N) is 1. The summed E-state index contributed by atoms with van der Waals surface area (Å²) >= 11 is 6.26. The van der Waals surface area contributed by atoms with Crippen molar-refractivity contribution >= 4 is 22.6 Å². The number of hydrogen-bond acceptors (Lipinski definition) is 3. The Hall–Kier alpha value is -1.85. The Bertz CT molecular complexity index is 792. The van der Waals surface area contributed by atoms with E-state index in [1.165, 1.54) is 5.52 Å². The van der Waals surface area contributed by atoms with E-state index < -0.39 is 0 Å². The number of likely N-dealkylation sites (N-methyl/N-ethyl adjacent to an activating group) is 1. The number of rotatable bonds is 8. The average molecular weight is 346 g/mol. The second-order valence-electron chi connectivity index (χ2n) is 6.22. The van der Waals surface area contributed by atoms with Crippen molar-refractivity contribution in [3.63, 3.8) is 0 Å². The van der Waals surface area contributed by atoms with Crippen LogP contribution in [0, 0.1) is 0 Å². The number of para-hydroxylation sites is 2. The van der Waals surface area contributed by atoms with E-state index in [2.05, 4.69) is 44.5 Å². The molecule has 0 atom stereocenters. The van der Waals surface area contributed by atoms with Gasteiger partial charge in [0.1, 0.15) is 5.82 Å². The molecule has 1 N–H and O–H groups in total. The molecule has 0 bridgehead atoms. The topological polar surface area (TPSA) is 49.7 Å². The monoisotopic (exact) mass is 345 g/mol. The van der Waals surface area contributed by atoms with Crippen molar-refractivity contribution in [2.24, 2.45) is 0 Å². The maximum absolute atomic E-state index is 6.26. The molecule has 6 heteroatoms. The average Bonchev–Trinajstić information content (AvgIpc) is 3.15. The van der Waals surface area contributed by atoms with Crippen molar-refractivity contribution in [1.82, 2.24) is 24.4 Å². The fourth-order valence-corrected chi connectivity index (χ4v) is 3.03. The normalized spacial score (nSPS) is 11.7. The van der Waals surface area contributed by atoms with Crippen molar-refractivity contribution in [3.8, 4) is 0 Å². The van der Waals surface area contributed by atoms with Gasteiger partial charge in [-0.3, -0.25) is 4.90 Å². The molecular formula is C18H24ClN5. The van der Waals surface area contributed by atoms with Crippen LogP contribution in [0.1, 0.15) is 31.3 Å². The van der Waals surface area contributed by atoms with Crippen molar-refractivity contribution in [2.75, 3.05) is 13.6 Å². The van der Waals surface area contributed by atoms with Gasteiger partial charge in [0, 0.05) is 26.1 Å². The van der Waals surface area contributed by atoms with Crippen LogP contribution in [0.15, 0.2) is 30.6 Å². The number of imidazole rings is 2. The summed E-state index contributed by atoms with van der Waals surface area (Å²) in [6.45, 7) is 4.76. The van der Waals surface area contributed by atoms with Crippen LogP contribution in [0.3, 0.4) is 0 Å². The summed E-state index contributed by atoms with van der Waals surface area (Å²) in [5.74, 6) is 0.992.